The van der Waals surface area contributed by atoms with Crippen molar-refractivity contribution >= 4 is 49.2 Å². The van der Waals surface area contributed by atoms with Crippen molar-refractivity contribution in [2.24, 2.45) is 0 Å². The summed E-state index contributed by atoms with van der Waals surface area (Å²) in [7, 11) is -3.41. The number of nitrogens with zero attached hydrogens (tertiary/aromatic N) is 1. The highest BCUT2D eigenvalue weighted by Gasteiger charge is 2.43. The highest BCUT2D eigenvalue weighted by molar-refractivity contribution is 9.10. The van der Waals surface area contributed by atoms with Gasteiger partial charge in [-0.25, -0.2) is 8.42 Å². The average molecular weight is 493 g/mol. The lowest BCUT2D eigenvalue weighted by Gasteiger charge is -2.25. The smallest absolute Gasteiger partial charge is 0.262 e. The lowest BCUT2D eigenvalue weighted by atomic mass is 10.1. The third-order valence-corrected chi connectivity index (χ3v) is 6.22. The summed E-state index contributed by atoms with van der Waals surface area (Å²) in [6.45, 7) is 3.76. The quantitative estimate of drug-likeness (QED) is 0.624. The van der Waals surface area contributed by atoms with Gasteiger partial charge in [-0.2, -0.15) is 0 Å². The summed E-state index contributed by atoms with van der Waals surface area (Å²) < 4.78 is 24.1. The van der Waals surface area contributed by atoms with Crippen molar-refractivity contribution in [2.75, 3.05) is 17.3 Å². The molecule has 2 aromatic carbocycles. The Hall–Kier alpha value is -2.52. The van der Waals surface area contributed by atoms with Gasteiger partial charge in [0.25, 0.3) is 11.8 Å². The van der Waals surface area contributed by atoms with Gasteiger partial charge < -0.3 is 5.32 Å². The van der Waals surface area contributed by atoms with Crippen LogP contribution in [0.1, 0.15) is 38.3 Å². The molecule has 0 unspecified atom stereocenters. The van der Waals surface area contributed by atoms with E-state index in [0.29, 0.717) is 10.2 Å². The summed E-state index contributed by atoms with van der Waals surface area (Å²) >= 11 is 3.27. The number of aryl methyl sites for hydroxylation is 2. The van der Waals surface area contributed by atoms with Crippen molar-refractivity contribution in [2.45, 2.75) is 26.3 Å². The molecule has 0 fully saturated rings. The van der Waals surface area contributed by atoms with Crippen LogP contribution in [-0.4, -0.2) is 49.1 Å². The van der Waals surface area contributed by atoms with Gasteiger partial charge in [0.1, 0.15) is 15.9 Å². The number of hydrogen-bond acceptors (Lipinski definition) is 5. The number of amides is 3. The van der Waals surface area contributed by atoms with Crippen LogP contribution in [0.5, 0.6) is 0 Å². The van der Waals surface area contributed by atoms with E-state index in [4.69, 9.17) is 0 Å². The predicted octanol–water partition coefficient (Wildman–Crippen LogP) is 3.10. The van der Waals surface area contributed by atoms with Crippen LogP contribution in [0, 0.1) is 13.8 Å². The Labute approximate surface area is 183 Å². The minimum Gasteiger partial charge on any atom is -0.324 e. The van der Waals surface area contributed by atoms with Gasteiger partial charge in [0.2, 0.25) is 5.91 Å². The number of carbonyl (C=O) groups excluding carboxylic acids is 3. The number of rotatable bonds is 6. The molecule has 1 aliphatic heterocycles. The average Bonchev–Trinajstić information content (AvgIpc) is 2.84. The molecule has 0 saturated carbocycles. The molecule has 0 aromatic heterocycles. The van der Waals surface area contributed by atoms with Crippen LogP contribution >= 0.6 is 15.9 Å². The summed E-state index contributed by atoms with van der Waals surface area (Å²) in [5, 5.41) is 2.73. The zero-order chi connectivity index (χ0) is 22.2. The molecule has 1 atom stereocenters. The third-order valence-electron chi connectivity index (χ3n) is 4.75. The van der Waals surface area contributed by atoms with Crippen LogP contribution in [0.4, 0.5) is 5.69 Å². The van der Waals surface area contributed by atoms with E-state index in [9.17, 15) is 22.8 Å². The van der Waals surface area contributed by atoms with Gasteiger partial charge in [0.15, 0.2) is 0 Å². The third kappa shape index (κ3) is 4.79. The van der Waals surface area contributed by atoms with E-state index in [1.54, 1.807) is 18.2 Å². The number of anilines is 1. The molecule has 0 bridgehead atoms. The molecule has 30 heavy (non-hydrogen) atoms. The van der Waals surface area contributed by atoms with Crippen molar-refractivity contribution < 1.29 is 22.8 Å². The first kappa shape index (κ1) is 22.2. The Morgan fingerprint density at radius 3 is 2.23 bits per heavy atom. The molecule has 0 radical (unpaired) electrons. The lowest BCUT2D eigenvalue weighted by molar-refractivity contribution is -0.120. The number of benzene rings is 2. The van der Waals surface area contributed by atoms with Crippen molar-refractivity contribution in [1.29, 1.82) is 0 Å². The van der Waals surface area contributed by atoms with Gasteiger partial charge in [-0.1, -0.05) is 22.0 Å². The Bertz CT molecular complexity index is 1140. The number of hydrogen-bond donors (Lipinski definition) is 1. The molecule has 1 aliphatic rings. The topological polar surface area (TPSA) is 101 Å². The second kappa shape index (κ2) is 8.31. The summed E-state index contributed by atoms with van der Waals surface area (Å²) in [5.41, 5.74) is 2.75. The molecule has 3 amide bonds. The molecule has 0 aliphatic carbocycles. The second-order valence-corrected chi connectivity index (χ2v) is 10.6. The summed E-state index contributed by atoms with van der Waals surface area (Å²) in [4.78, 5) is 39.8. The Balaban J connectivity index is 1.95. The minimum absolute atomic E-state index is 0.179. The van der Waals surface area contributed by atoms with E-state index in [0.717, 1.165) is 22.3 Å². The minimum atomic E-state index is -3.41. The summed E-state index contributed by atoms with van der Waals surface area (Å²) in [5.74, 6) is -2.19. The van der Waals surface area contributed by atoms with E-state index in [-0.39, 0.29) is 23.3 Å². The first-order chi connectivity index (χ1) is 14.0. The van der Waals surface area contributed by atoms with Gasteiger partial charge in [-0.3, -0.25) is 19.3 Å². The van der Waals surface area contributed by atoms with Crippen LogP contribution in [0.2, 0.25) is 0 Å². The predicted molar refractivity (Wildman–Crippen MR) is 117 cm³/mol. The monoisotopic (exact) mass is 492 g/mol. The molecular weight excluding hydrogens is 472 g/mol. The highest BCUT2D eigenvalue weighted by Crippen LogP contribution is 2.29. The maximum Gasteiger partial charge on any atom is 0.262 e. The first-order valence-electron chi connectivity index (χ1n) is 9.20. The molecular formula is C21H21BrN2O5S. The lowest BCUT2D eigenvalue weighted by Crippen LogP contribution is -2.48. The van der Waals surface area contributed by atoms with Crippen LogP contribution in [0.15, 0.2) is 40.9 Å². The number of fused-ring (bicyclic) bond motifs is 1. The number of carbonyl (C=O) groups is 3. The van der Waals surface area contributed by atoms with Crippen molar-refractivity contribution in [3.8, 4) is 0 Å². The molecule has 1 N–H and O–H groups in total. The van der Waals surface area contributed by atoms with Crippen LogP contribution in [0.3, 0.4) is 0 Å². The molecule has 7 nitrogen and oxygen atoms in total. The maximum absolute atomic E-state index is 13.1. The first-order valence-corrected chi connectivity index (χ1v) is 12.1. The molecule has 0 spiro atoms. The number of nitrogens with one attached hydrogen (secondary N) is 1. The van der Waals surface area contributed by atoms with Gasteiger partial charge >= 0.3 is 0 Å². The van der Waals surface area contributed by atoms with Gasteiger partial charge in [0, 0.05) is 16.4 Å². The zero-order valence-corrected chi connectivity index (χ0v) is 19.1. The molecule has 9 heteroatoms. The van der Waals surface area contributed by atoms with E-state index < -0.39 is 33.6 Å². The molecule has 1 heterocycles. The number of imide groups is 1. The SMILES string of the molecule is Cc1cc(C)cc(NC(=O)[C@@H](CCS(C)(=O)=O)N2C(=O)c3ccc(Br)cc3C2=O)c1. The largest absolute Gasteiger partial charge is 0.324 e. The Morgan fingerprint density at radius 2 is 1.63 bits per heavy atom. The summed E-state index contributed by atoms with van der Waals surface area (Å²) in [6.07, 6.45) is 0.855. The second-order valence-electron chi connectivity index (χ2n) is 7.47. The van der Waals surface area contributed by atoms with Crippen molar-refractivity contribution in [3.63, 3.8) is 0 Å². The van der Waals surface area contributed by atoms with Crippen molar-refractivity contribution in [3.05, 3.63) is 63.1 Å². The summed E-state index contributed by atoms with van der Waals surface area (Å²) in [6, 6.07) is 8.87. The van der Waals surface area contributed by atoms with E-state index in [1.165, 1.54) is 12.1 Å². The fraction of sp³-hybridized carbons (Fsp3) is 0.286. The number of halogens is 1. The van der Waals surface area contributed by atoms with Gasteiger partial charge in [0.05, 0.1) is 16.9 Å². The molecule has 2 aromatic rings. The van der Waals surface area contributed by atoms with Gasteiger partial charge in [-0.05, 0) is 61.7 Å². The molecule has 0 saturated heterocycles. The van der Waals surface area contributed by atoms with Crippen molar-refractivity contribution in [1.82, 2.24) is 4.90 Å². The van der Waals surface area contributed by atoms with Crippen LogP contribution < -0.4 is 5.32 Å². The molecule has 3 rings (SSSR count). The van der Waals surface area contributed by atoms with E-state index >= 15 is 0 Å². The fourth-order valence-electron chi connectivity index (χ4n) is 3.49. The van der Waals surface area contributed by atoms with Gasteiger partial charge in [-0.15, -0.1) is 0 Å². The highest BCUT2D eigenvalue weighted by atomic mass is 79.9. The Morgan fingerprint density at radius 1 is 1.03 bits per heavy atom. The maximum atomic E-state index is 13.1. The zero-order valence-electron chi connectivity index (χ0n) is 16.7. The standard InChI is InChI=1S/C21H21BrN2O5S/c1-12-8-13(2)10-15(9-12)23-19(25)18(6-7-30(3,28)29)24-20(26)16-5-4-14(22)11-17(16)21(24)27/h4-5,8-11,18H,6-7H2,1-3H3,(H,23,25)/t18-/m1/s1. The van der Waals surface area contributed by atoms with E-state index in [2.05, 4.69) is 21.2 Å². The van der Waals surface area contributed by atoms with Crippen LogP contribution in [-0.2, 0) is 14.6 Å². The van der Waals surface area contributed by atoms with E-state index in [1.807, 2.05) is 19.9 Å². The Kier molecular flexibility index (Phi) is 6.14. The fourth-order valence-corrected chi connectivity index (χ4v) is 4.50. The molecule has 158 valence electrons. The number of sulfone groups is 1. The van der Waals surface area contributed by atoms with Crippen LogP contribution in [0.25, 0.3) is 0 Å². The normalized spacial score (nSPS) is 14.6.